The molecule has 108 valence electrons. The number of carbonyl (C=O) groups is 1. The van der Waals surface area contributed by atoms with Crippen molar-refractivity contribution in [2.45, 2.75) is 26.7 Å². The number of sulfonamides is 1. The molecule has 0 aromatic carbocycles. The summed E-state index contributed by atoms with van der Waals surface area (Å²) < 4.78 is 60.7. The minimum atomic E-state index is -5.42. The molecule has 0 radical (unpaired) electrons. The maximum absolute atomic E-state index is 12.0. The van der Waals surface area contributed by atoms with Gasteiger partial charge < -0.3 is 8.86 Å². The number of rotatable bonds is 8. The summed E-state index contributed by atoms with van der Waals surface area (Å²) in [6.07, 6.45) is 0.441. The Kier molecular flexibility index (Phi) is 6.71. The van der Waals surface area contributed by atoms with E-state index in [-0.39, 0.29) is 18.9 Å². The molecule has 7 nitrogen and oxygen atoms in total. The maximum Gasteiger partial charge on any atom is 0.308 e. The van der Waals surface area contributed by atoms with Gasteiger partial charge in [0.1, 0.15) is 0 Å². The van der Waals surface area contributed by atoms with E-state index in [4.69, 9.17) is 4.74 Å². The van der Waals surface area contributed by atoms with Gasteiger partial charge in [-0.15, -0.1) is 3.89 Å². The summed E-state index contributed by atoms with van der Waals surface area (Å²) >= 11 is 0. The zero-order valence-electron chi connectivity index (χ0n) is 10.00. The second-order valence-electron chi connectivity index (χ2n) is 3.60. The minimum Gasteiger partial charge on any atom is -0.465 e. The lowest BCUT2D eigenvalue weighted by Crippen LogP contribution is -2.16. The van der Waals surface area contributed by atoms with E-state index in [1.54, 1.807) is 13.8 Å². The van der Waals surface area contributed by atoms with E-state index < -0.39 is 32.2 Å². The monoisotopic (exact) mass is 304 g/mol. The first-order valence-electron chi connectivity index (χ1n) is 5.15. The highest BCUT2D eigenvalue weighted by Crippen LogP contribution is 2.12. The SMILES string of the molecule is CCC(C)C(=O)OCCCS(=O)(=O)[N-]S(=O)(=O)F. The lowest BCUT2D eigenvalue weighted by atomic mass is 10.1. The molecule has 0 aliphatic rings. The number of ether oxygens (including phenoxy) is 1. The molecule has 0 bridgehead atoms. The summed E-state index contributed by atoms with van der Waals surface area (Å²) in [5.74, 6) is -1.47. The van der Waals surface area contributed by atoms with E-state index in [0.29, 0.717) is 6.42 Å². The van der Waals surface area contributed by atoms with Crippen molar-refractivity contribution in [1.29, 1.82) is 0 Å². The zero-order chi connectivity index (χ0) is 14.4. The van der Waals surface area contributed by atoms with Crippen LogP contribution in [0.1, 0.15) is 26.7 Å². The summed E-state index contributed by atoms with van der Waals surface area (Å²) in [5, 5.41) is 0. The third-order valence-electron chi connectivity index (χ3n) is 2.01. The molecule has 0 heterocycles. The van der Waals surface area contributed by atoms with Crippen LogP contribution in [-0.2, 0) is 30.0 Å². The molecule has 0 spiro atoms. The van der Waals surface area contributed by atoms with Gasteiger partial charge in [0.2, 0.25) is 10.4 Å². The second-order valence-corrected chi connectivity index (χ2v) is 6.60. The minimum absolute atomic E-state index is 0.149. The second kappa shape index (κ2) is 7.00. The van der Waals surface area contributed by atoms with Gasteiger partial charge in [0.15, 0.2) is 0 Å². The quantitative estimate of drug-likeness (QED) is 0.374. The summed E-state index contributed by atoms with van der Waals surface area (Å²) in [6, 6.07) is 0. The van der Waals surface area contributed by atoms with Crippen LogP contribution in [0.25, 0.3) is 4.13 Å². The lowest BCUT2D eigenvalue weighted by Gasteiger charge is -2.15. The molecule has 0 aromatic rings. The molecule has 18 heavy (non-hydrogen) atoms. The normalized spacial score (nSPS) is 14.2. The predicted molar refractivity (Wildman–Crippen MR) is 62.2 cm³/mol. The first-order valence-corrected chi connectivity index (χ1v) is 8.10. The van der Waals surface area contributed by atoms with Crippen LogP contribution in [0.5, 0.6) is 0 Å². The summed E-state index contributed by atoms with van der Waals surface area (Å²) in [6.45, 7) is 3.26. The van der Waals surface area contributed by atoms with Gasteiger partial charge in [0, 0.05) is 5.75 Å². The zero-order valence-corrected chi connectivity index (χ0v) is 11.6. The average Bonchev–Trinajstić information content (AvgIpc) is 2.19. The summed E-state index contributed by atoms with van der Waals surface area (Å²) in [4.78, 5) is 11.2. The molecule has 0 amide bonds. The summed E-state index contributed by atoms with van der Waals surface area (Å²) in [5.41, 5.74) is 0. The first kappa shape index (κ1) is 17.3. The number of carbonyl (C=O) groups excluding carboxylic acids is 1. The molecular formula is C8H15FNO6S2-. The Bertz CT molecular complexity index is 472. The van der Waals surface area contributed by atoms with E-state index in [0.717, 1.165) is 0 Å². The molecule has 0 saturated heterocycles. The van der Waals surface area contributed by atoms with Gasteiger partial charge in [-0.2, -0.15) is 0 Å². The van der Waals surface area contributed by atoms with Gasteiger partial charge in [0.05, 0.1) is 22.5 Å². The van der Waals surface area contributed by atoms with E-state index >= 15 is 0 Å². The fraction of sp³-hybridized carbons (Fsp3) is 0.875. The van der Waals surface area contributed by atoms with Crippen LogP contribution >= 0.6 is 0 Å². The van der Waals surface area contributed by atoms with E-state index in [9.17, 15) is 25.5 Å². The highest BCUT2D eigenvalue weighted by molar-refractivity contribution is 8.10. The number of nitrogens with zero attached hydrogens (tertiary/aromatic N) is 1. The van der Waals surface area contributed by atoms with Crippen LogP contribution < -0.4 is 0 Å². The predicted octanol–water partition coefficient (Wildman–Crippen LogP) is 0.884. The van der Waals surface area contributed by atoms with E-state index in [2.05, 4.69) is 0 Å². The van der Waals surface area contributed by atoms with E-state index in [1.165, 1.54) is 0 Å². The Morgan fingerprint density at radius 3 is 2.33 bits per heavy atom. The van der Waals surface area contributed by atoms with Gasteiger partial charge in [-0.3, -0.25) is 4.79 Å². The molecule has 1 atom stereocenters. The fourth-order valence-corrected chi connectivity index (χ4v) is 2.76. The average molecular weight is 304 g/mol. The number of hydrogen-bond acceptors (Lipinski definition) is 6. The molecule has 1 unspecified atom stereocenters. The maximum atomic E-state index is 12.0. The van der Waals surface area contributed by atoms with Crippen LogP contribution in [-0.4, -0.2) is 35.2 Å². The fourth-order valence-electron chi connectivity index (χ4n) is 0.896. The van der Waals surface area contributed by atoms with Crippen molar-refractivity contribution in [3.63, 3.8) is 0 Å². The number of esters is 1. The molecule has 0 aliphatic heterocycles. The van der Waals surface area contributed by atoms with Gasteiger partial charge in [-0.1, -0.05) is 13.8 Å². The van der Waals surface area contributed by atoms with Crippen LogP contribution in [0.2, 0.25) is 0 Å². The van der Waals surface area contributed by atoms with Gasteiger partial charge in [-0.05, 0) is 12.8 Å². The van der Waals surface area contributed by atoms with Crippen molar-refractivity contribution >= 4 is 26.4 Å². The standard InChI is InChI=1S/C8H15FNO6S2/c1-3-7(2)8(11)16-5-4-6-17(12,13)10-18(9,14)15/h7H,3-6H2,1-2H3/q-1. The molecule has 0 N–H and O–H groups in total. The Morgan fingerprint density at radius 1 is 1.33 bits per heavy atom. The van der Waals surface area contributed by atoms with Crippen molar-refractivity contribution < 1.29 is 30.3 Å². The highest BCUT2D eigenvalue weighted by atomic mass is 32.3. The first-order chi connectivity index (χ1) is 8.07. The van der Waals surface area contributed by atoms with Crippen molar-refractivity contribution in [1.82, 2.24) is 0 Å². The molecular weight excluding hydrogens is 289 g/mol. The molecule has 0 aliphatic carbocycles. The van der Waals surface area contributed by atoms with Crippen LogP contribution in [0.3, 0.4) is 0 Å². The van der Waals surface area contributed by atoms with Crippen LogP contribution in [0, 0.1) is 5.92 Å². The Morgan fingerprint density at radius 2 is 1.89 bits per heavy atom. The van der Waals surface area contributed by atoms with Gasteiger partial charge in [-0.25, -0.2) is 16.8 Å². The lowest BCUT2D eigenvalue weighted by molar-refractivity contribution is -0.148. The third-order valence-corrected chi connectivity index (χ3v) is 4.43. The van der Waals surface area contributed by atoms with Crippen molar-refractivity contribution in [2.75, 3.05) is 12.4 Å². The molecule has 0 aromatic heterocycles. The Labute approximate surface area is 106 Å². The number of hydrogen-bond donors (Lipinski definition) is 0. The summed E-state index contributed by atoms with van der Waals surface area (Å²) in [7, 11) is -9.82. The van der Waals surface area contributed by atoms with Crippen LogP contribution in [0.4, 0.5) is 3.89 Å². The smallest absolute Gasteiger partial charge is 0.308 e. The Balaban J connectivity index is 4.03. The molecule has 0 saturated carbocycles. The third kappa shape index (κ3) is 8.37. The molecule has 0 fully saturated rings. The molecule has 0 rings (SSSR count). The topological polar surface area (TPSA) is 109 Å². The Hall–Kier alpha value is -0.740. The van der Waals surface area contributed by atoms with E-state index in [1.807, 2.05) is 4.13 Å². The highest BCUT2D eigenvalue weighted by Gasteiger charge is 2.12. The van der Waals surface area contributed by atoms with Crippen LogP contribution in [0.15, 0.2) is 0 Å². The van der Waals surface area contributed by atoms with Crippen molar-refractivity contribution in [3.05, 3.63) is 4.13 Å². The van der Waals surface area contributed by atoms with Crippen molar-refractivity contribution in [2.24, 2.45) is 5.92 Å². The molecule has 10 heteroatoms. The number of halogens is 1. The van der Waals surface area contributed by atoms with Gasteiger partial charge in [0.25, 0.3) is 0 Å². The van der Waals surface area contributed by atoms with Crippen molar-refractivity contribution in [3.8, 4) is 0 Å². The van der Waals surface area contributed by atoms with Gasteiger partial charge >= 0.3 is 5.97 Å². The largest absolute Gasteiger partial charge is 0.465 e.